The van der Waals surface area contributed by atoms with Gasteiger partial charge in [0, 0.05) is 7.11 Å². The second kappa shape index (κ2) is 5.07. The van der Waals surface area contributed by atoms with Crippen molar-refractivity contribution in [3.63, 3.8) is 0 Å². The zero-order valence-corrected chi connectivity index (χ0v) is 7.54. The number of nitro groups is 1. The van der Waals surface area contributed by atoms with Crippen molar-refractivity contribution < 1.29 is 14.4 Å². The Labute approximate surface area is 79.8 Å². The van der Waals surface area contributed by atoms with E-state index in [4.69, 9.17) is 9.47 Å². The van der Waals surface area contributed by atoms with Crippen LogP contribution in [0.1, 0.15) is 0 Å². The highest BCUT2D eigenvalue weighted by molar-refractivity contribution is 5.21. The van der Waals surface area contributed by atoms with Crippen molar-refractivity contribution in [2.75, 3.05) is 20.3 Å². The summed E-state index contributed by atoms with van der Waals surface area (Å²) in [5.41, 5.74) is -0.163. The molecule has 7 heteroatoms. The van der Waals surface area contributed by atoms with Crippen molar-refractivity contribution in [1.29, 1.82) is 0 Å². The van der Waals surface area contributed by atoms with Gasteiger partial charge in [0.15, 0.2) is 0 Å². The van der Waals surface area contributed by atoms with Gasteiger partial charge in [-0.1, -0.05) is 0 Å². The maximum Gasteiger partial charge on any atom is 0.316 e. The first-order chi connectivity index (χ1) is 6.74. The van der Waals surface area contributed by atoms with Crippen LogP contribution in [0.4, 0.5) is 5.69 Å². The molecule has 0 saturated heterocycles. The normalized spacial score (nSPS) is 9.79. The minimum absolute atomic E-state index is 0.104. The third kappa shape index (κ3) is 2.94. The van der Waals surface area contributed by atoms with Gasteiger partial charge < -0.3 is 9.47 Å². The summed E-state index contributed by atoms with van der Waals surface area (Å²) in [6.07, 6.45) is 2.18. The van der Waals surface area contributed by atoms with Crippen LogP contribution in [0.5, 0.6) is 6.01 Å². The van der Waals surface area contributed by atoms with Crippen molar-refractivity contribution in [3.8, 4) is 6.01 Å². The summed E-state index contributed by atoms with van der Waals surface area (Å²) in [5, 5.41) is 10.2. The summed E-state index contributed by atoms with van der Waals surface area (Å²) in [7, 11) is 1.54. The number of rotatable bonds is 5. The molecule has 0 unspecified atom stereocenters. The van der Waals surface area contributed by atoms with E-state index >= 15 is 0 Å². The molecule has 1 heterocycles. The van der Waals surface area contributed by atoms with Crippen molar-refractivity contribution in [1.82, 2.24) is 9.97 Å². The zero-order valence-electron chi connectivity index (χ0n) is 7.54. The molecule has 0 aliphatic heterocycles. The fourth-order valence-corrected chi connectivity index (χ4v) is 0.694. The Balaban J connectivity index is 2.51. The maximum atomic E-state index is 10.2. The van der Waals surface area contributed by atoms with Gasteiger partial charge in [0.05, 0.1) is 11.5 Å². The molecular weight excluding hydrogens is 190 g/mol. The predicted octanol–water partition coefficient (Wildman–Crippen LogP) is 0.410. The topological polar surface area (TPSA) is 87.4 Å². The minimum Gasteiger partial charge on any atom is -0.461 e. The first-order valence-electron chi connectivity index (χ1n) is 3.82. The van der Waals surface area contributed by atoms with Crippen LogP contribution in [0, 0.1) is 10.1 Å². The van der Waals surface area contributed by atoms with Gasteiger partial charge in [-0.05, 0) is 0 Å². The highest BCUT2D eigenvalue weighted by Gasteiger charge is 2.06. The average Bonchev–Trinajstić information content (AvgIpc) is 2.19. The smallest absolute Gasteiger partial charge is 0.316 e. The lowest BCUT2D eigenvalue weighted by Crippen LogP contribution is -2.06. The summed E-state index contributed by atoms with van der Waals surface area (Å²) < 4.78 is 9.75. The van der Waals surface area contributed by atoms with E-state index < -0.39 is 4.92 Å². The van der Waals surface area contributed by atoms with Crippen LogP contribution >= 0.6 is 0 Å². The van der Waals surface area contributed by atoms with Gasteiger partial charge in [-0.2, -0.15) is 9.97 Å². The van der Waals surface area contributed by atoms with E-state index in [1.807, 2.05) is 0 Å². The standard InChI is InChI=1S/C7H9N3O4/c1-13-2-3-14-7-8-4-6(5-9-7)10(11)12/h4-5H,2-3H2,1H3. The third-order valence-electron chi connectivity index (χ3n) is 1.34. The molecule has 0 aromatic carbocycles. The number of ether oxygens (including phenoxy) is 2. The molecule has 0 fully saturated rings. The Hall–Kier alpha value is -1.76. The second-order valence-corrected chi connectivity index (χ2v) is 2.32. The van der Waals surface area contributed by atoms with Gasteiger partial charge in [0.1, 0.15) is 19.0 Å². The average molecular weight is 199 g/mol. The van der Waals surface area contributed by atoms with E-state index in [9.17, 15) is 10.1 Å². The largest absolute Gasteiger partial charge is 0.461 e. The van der Waals surface area contributed by atoms with Gasteiger partial charge in [-0.3, -0.25) is 10.1 Å². The summed E-state index contributed by atoms with van der Waals surface area (Å²) in [4.78, 5) is 16.9. The number of hydrogen-bond acceptors (Lipinski definition) is 6. The van der Waals surface area contributed by atoms with Crippen molar-refractivity contribution in [2.45, 2.75) is 0 Å². The molecule has 0 spiro atoms. The molecule has 14 heavy (non-hydrogen) atoms. The van der Waals surface area contributed by atoms with Gasteiger partial charge in [-0.15, -0.1) is 0 Å². The lowest BCUT2D eigenvalue weighted by atomic mass is 10.6. The molecule has 0 N–H and O–H groups in total. The van der Waals surface area contributed by atoms with E-state index in [1.54, 1.807) is 7.11 Å². The predicted molar refractivity (Wildman–Crippen MR) is 46.1 cm³/mol. The number of methoxy groups -OCH3 is 1. The summed E-state index contributed by atoms with van der Waals surface area (Å²) in [5.74, 6) is 0. The van der Waals surface area contributed by atoms with Gasteiger partial charge in [-0.25, -0.2) is 0 Å². The van der Waals surface area contributed by atoms with Crippen molar-refractivity contribution in [2.24, 2.45) is 0 Å². The molecule has 0 radical (unpaired) electrons. The Morgan fingerprint density at radius 1 is 1.43 bits per heavy atom. The first kappa shape index (κ1) is 10.3. The first-order valence-corrected chi connectivity index (χ1v) is 3.82. The van der Waals surface area contributed by atoms with E-state index in [0.717, 1.165) is 12.4 Å². The van der Waals surface area contributed by atoms with Gasteiger partial charge in [0.25, 0.3) is 0 Å². The fraction of sp³-hybridized carbons (Fsp3) is 0.429. The van der Waals surface area contributed by atoms with E-state index in [1.165, 1.54) is 0 Å². The van der Waals surface area contributed by atoms with Gasteiger partial charge >= 0.3 is 11.7 Å². The quantitative estimate of drug-likeness (QED) is 0.387. The van der Waals surface area contributed by atoms with Crippen LogP contribution in [0.15, 0.2) is 12.4 Å². The van der Waals surface area contributed by atoms with E-state index in [0.29, 0.717) is 13.2 Å². The second-order valence-electron chi connectivity index (χ2n) is 2.32. The van der Waals surface area contributed by atoms with Gasteiger partial charge in [0.2, 0.25) is 0 Å². The summed E-state index contributed by atoms with van der Waals surface area (Å²) >= 11 is 0. The number of hydrogen-bond donors (Lipinski definition) is 0. The summed E-state index contributed by atoms with van der Waals surface area (Å²) in [6, 6.07) is 0.104. The molecule has 0 aliphatic rings. The number of nitrogens with zero attached hydrogens (tertiary/aromatic N) is 3. The monoisotopic (exact) mass is 199 g/mol. The molecule has 0 atom stereocenters. The zero-order chi connectivity index (χ0) is 10.4. The molecule has 0 aliphatic carbocycles. The van der Waals surface area contributed by atoms with Crippen LogP contribution in [0.2, 0.25) is 0 Å². The lowest BCUT2D eigenvalue weighted by Gasteiger charge is -2.01. The highest BCUT2D eigenvalue weighted by atomic mass is 16.6. The molecule has 7 nitrogen and oxygen atoms in total. The van der Waals surface area contributed by atoms with E-state index in [-0.39, 0.29) is 11.7 Å². The molecule has 1 aromatic heterocycles. The Bertz CT molecular complexity index is 300. The molecular formula is C7H9N3O4. The molecule has 0 saturated carbocycles. The number of aromatic nitrogens is 2. The van der Waals surface area contributed by atoms with Crippen LogP contribution in [0.25, 0.3) is 0 Å². The Kier molecular flexibility index (Phi) is 3.74. The maximum absolute atomic E-state index is 10.2. The molecule has 0 bridgehead atoms. The van der Waals surface area contributed by atoms with E-state index in [2.05, 4.69) is 9.97 Å². The molecule has 1 aromatic rings. The molecule has 0 amide bonds. The summed E-state index contributed by atoms with van der Waals surface area (Å²) in [6.45, 7) is 0.731. The third-order valence-corrected chi connectivity index (χ3v) is 1.34. The lowest BCUT2D eigenvalue weighted by molar-refractivity contribution is -0.385. The minimum atomic E-state index is -0.571. The Morgan fingerprint density at radius 2 is 2.07 bits per heavy atom. The van der Waals surface area contributed by atoms with Crippen molar-refractivity contribution >= 4 is 5.69 Å². The highest BCUT2D eigenvalue weighted by Crippen LogP contribution is 2.09. The van der Waals surface area contributed by atoms with Crippen LogP contribution < -0.4 is 4.74 Å². The fourth-order valence-electron chi connectivity index (χ4n) is 0.694. The van der Waals surface area contributed by atoms with Crippen LogP contribution in [-0.2, 0) is 4.74 Å². The Morgan fingerprint density at radius 3 is 2.57 bits per heavy atom. The van der Waals surface area contributed by atoms with Crippen LogP contribution in [0.3, 0.4) is 0 Å². The van der Waals surface area contributed by atoms with Crippen molar-refractivity contribution in [3.05, 3.63) is 22.5 Å². The molecule has 76 valence electrons. The van der Waals surface area contributed by atoms with Crippen LogP contribution in [-0.4, -0.2) is 35.2 Å². The SMILES string of the molecule is COCCOc1ncc([N+](=O)[O-])cn1. The molecule has 1 rings (SSSR count).